The number of amides is 1. The molecule has 0 aliphatic heterocycles. The van der Waals surface area contributed by atoms with Crippen molar-refractivity contribution in [2.45, 2.75) is 12.1 Å². The van der Waals surface area contributed by atoms with Crippen molar-refractivity contribution in [3.8, 4) is 17.1 Å². The Kier molecular flexibility index (Phi) is 5.72. The SMILES string of the molecule is Cc1cccc(-n2c(SCC(=O)Nc3ccccc3)nnc2-c2ccccc2)c1. The number of nitrogens with one attached hydrogen (secondary N) is 1. The van der Waals surface area contributed by atoms with Gasteiger partial charge in [0.15, 0.2) is 11.0 Å². The summed E-state index contributed by atoms with van der Waals surface area (Å²) in [7, 11) is 0. The van der Waals surface area contributed by atoms with Gasteiger partial charge in [0.05, 0.1) is 5.75 Å². The van der Waals surface area contributed by atoms with Crippen LogP contribution in [-0.4, -0.2) is 26.4 Å². The number of hydrogen-bond acceptors (Lipinski definition) is 4. The standard InChI is InChI=1S/C23H20N4OS/c1-17-9-8-14-20(15-17)27-22(18-10-4-2-5-11-18)25-26-23(27)29-16-21(28)24-19-12-6-3-7-13-19/h2-15H,16H2,1H3,(H,24,28). The van der Waals surface area contributed by atoms with Crippen LogP contribution in [0.15, 0.2) is 90.1 Å². The third-order valence-electron chi connectivity index (χ3n) is 4.32. The van der Waals surface area contributed by atoms with Crippen LogP contribution in [0.25, 0.3) is 17.1 Å². The van der Waals surface area contributed by atoms with Crippen LogP contribution in [-0.2, 0) is 4.79 Å². The van der Waals surface area contributed by atoms with E-state index in [0.717, 1.165) is 28.3 Å². The third kappa shape index (κ3) is 4.55. The number of aromatic nitrogens is 3. The van der Waals surface area contributed by atoms with E-state index in [1.165, 1.54) is 11.8 Å². The zero-order valence-corrected chi connectivity index (χ0v) is 16.8. The number of benzene rings is 3. The number of aryl methyl sites for hydroxylation is 1. The molecule has 4 rings (SSSR count). The van der Waals surface area contributed by atoms with Crippen LogP contribution in [0.4, 0.5) is 5.69 Å². The first-order chi connectivity index (χ1) is 14.2. The van der Waals surface area contributed by atoms with Crippen molar-refractivity contribution in [1.29, 1.82) is 0 Å². The van der Waals surface area contributed by atoms with Gasteiger partial charge in [0.2, 0.25) is 5.91 Å². The van der Waals surface area contributed by atoms with Gasteiger partial charge in [0, 0.05) is 16.9 Å². The molecule has 1 N–H and O–H groups in total. The smallest absolute Gasteiger partial charge is 0.234 e. The number of hydrogen-bond donors (Lipinski definition) is 1. The molecule has 0 unspecified atom stereocenters. The number of rotatable bonds is 6. The Bertz CT molecular complexity index is 1110. The zero-order chi connectivity index (χ0) is 20.1. The number of thioether (sulfide) groups is 1. The van der Waals surface area contributed by atoms with E-state index in [0.29, 0.717) is 5.16 Å². The minimum atomic E-state index is -0.0822. The highest BCUT2D eigenvalue weighted by Gasteiger charge is 2.17. The average Bonchev–Trinajstić information content (AvgIpc) is 3.18. The molecular weight excluding hydrogens is 380 g/mol. The molecule has 0 aliphatic rings. The largest absolute Gasteiger partial charge is 0.325 e. The summed E-state index contributed by atoms with van der Waals surface area (Å²) in [6, 6.07) is 27.5. The third-order valence-corrected chi connectivity index (χ3v) is 5.24. The maximum atomic E-state index is 12.4. The molecule has 6 heteroatoms. The Morgan fingerprint density at radius 2 is 1.66 bits per heavy atom. The quantitative estimate of drug-likeness (QED) is 0.464. The van der Waals surface area contributed by atoms with Crippen molar-refractivity contribution in [3.05, 3.63) is 90.5 Å². The van der Waals surface area contributed by atoms with Gasteiger partial charge in [0.25, 0.3) is 0 Å². The molecule has 4 aromatic rings. The second-order valence-corrected chi connectivity index (χ2v) is 7.49. The molecule has 1 heterocycles. The monoisotopic (exact) mass is 400 g/mol. The van der Waals surface area contributed by atoms with Crippen LogP contribution in [0.2, 0.25) is 0 Å². The van der Waals surface area contributed by atoms with E-state index in [1.807, 2.05) is 77.4 Å². The molecule has 5 nitrogen and oxygen atoms in total. The van der Waals surface area contributed by atoms with Gasteiger partial charge >= 0.3 is 0 Å². The predicted molar refractivity (Wildman–Crippen MR) is 117 cm³/mol. The van der Waals surface area contributed by atoms with E-state index in [9.17, 15) is 4.79 Å². The summed E-state index contributed by atoms with van der Waals surface area (Å²) in [4.78, 5) is 12.4. The highest BCUT2D eigenvalue weighted by atomic mass is 32.2. The number of nitrogens with zero attached hydrogens (tertiary/aromatic N) is 3. The Morgan fingerprint density at radius 3 is 2.38 bits per heavy atom. The topological polar surface area (TPSA) is 59.8 Å². The van der Waals surface area contributed by atoms with Crippen molar-refractivity contribution in [3.63, 3.8) is 0 Å². The molecule has 0 aliphatic carbocycles. The molecule has 0 spiro atoms. The molecule has 0 bridgehead atoms. The number of anilines is 1. The van der Waals surface area contributed by atoms with Gasteiger partial charge in [0.1, 0.15) is 0 Å². The van der Waals surface area contributed by atoms with Crippen LogP contribution >= 0.6 is 11.8 Å². The van der Waals surface area contributed by atoms with E-state index in [2.05, 4.69) is 34.6 Å². The Labute approximate surface area is 173 Å². The number of carbonyl (C=O) groups is 1. The molecular formula is C23H20N4OS. The molecule has 1 amide bonds. The number of para-hydroxylation sites is 1. The molecule has 0 saturated heterocycles. The maximum absolute atomic E-state index is 12.4. The molecule has 29 heavy (non-hydrogen) atoms. The highest BCUT2D eigenvalue weighted by molar-refractivity contribution is 7.99. The van der Waals surface area contributed by atoms with Gasteiger partial charge < -0.3 is 5.32 Å². The fraction of sp³-hybridized carbons (Fsp3) is 0.0870. The second-order valence-electron chi connectivity index (χ2n) is 6.55. The first kappa shape index (κ1) is 19.0. The lowest BCUT2D eigenvalue weighted by atomic mass is 10.2. The van der Waals surface area contributed by atoms with E-state index >= 15 is 0 Å². The van der Waals surface area contributed by atoms with Gasteiger partial charge in [-0.1, -0.05) is 72.4 Å². The molecule has 0 saturated carbocycles. The van der Waals surface area contributed by atoms with Crippen LogP contribution < -0.4 is 5.32 Å². The molecule has 0 fully saturated rings. The molecule has 1 aromatic heterocycles. The van der Waals surface area contributed by atoms with Crippen LogP contribution in [0.1, 0.15) is 5.56 Å². The molecule has 3 aromatic carbocycles. The summed E-state index contributed by atoms with van der Waals surface area (Å²) >= 11 is 1.37. The minimum absolute atomic E-state index is 0.0822. The minimum Gasteiger partial charge on any atom is -0.325 e. The van der Waals surface area contributed by atoms with Gasteiger partial charge in [-0.25, -0.2) is 0 Å². The van der Waals surface area contributed by atoms with Crippen LogP contribution in [0, 0.1) is 6.92 Å². The second kappa shape index (κ2) is 8.75. The fourth-order valence-corrected chi connectivity index (χ4v) is 3.74. The van der Waals surface area contributed by atoms with Crippen LogP contribution in [0.5, 0.6) is 0 Å². The first-order valence-electron chi connectivity index (χ1n) is 9.26. The van der Waals surface area contributed by atoms with E-state index in [4.69, 9.17) is 0 Å². The predicted octanol–water partition coefficient (Wildman–Crippen LogP) is 4.97. The normalized spacial score (nSPS) is 10.7. The molecule has 144 valence electrons. The summed E-state index contributed by atoms with van der Waals surface area (Å²) in [5.41, 5.74) is 3.87. The summed E-state index contributed by atoms with van der Waals surface area (Å²) in [6.07, 6.45) is 0. The Balaban J connectivity index is 1.61. The summed E-state index contributed by atoms with van der Waals surface area (Å²) in [5, 5.41) is 12.4. The van der Waals surface area contributed by atoms with Crippen molar-refractivity contribution in [2.75, 3.05) is 11.1 Å². The lowest BCUT2D eigenvalue weighted by Crippen LogP contribution is -2.14. The van der Waals surface area contributed by atoms with Crippen molar-refractivity contribution >= 4 is 23.4 Å². The van der Waals surface area contributed by atoms with Gasteiger partial charge in [-0.05, 0) is 36.8 Å². The van der Waals surface area contributed by atoms with E-state index < -0.39 is 0 Å². The lowest BCUT2D eigenvalue weighted by molar-refractivity contribution is -0.113. The lowest BCUT2D eigenvalue weighted by Gasteiger charge is -2.11. The van der Waals surface area contributed by atoms with Crippen molar-refractivity contribution in [2.24, 2.45) is 0 Å². The molecule has 0 radical (unpaired) electrons. The Hall–Kier alpha value is -3.38. The van der Waals surface area contributed by atoms with Crippen molar-refractivity contribution in [1.82, 2.24) is 14.8 Å². The number of carbonyl (C=O) groups excluding carboxylic acids is 1. The van der Waals surface area contributed by atoms with Crippen molar-refractivity contribution < 1.29 is 4.79 Å². The Morgan fingerprint density at radius 1 is 0.931 bits per heavy atom. The fourth-order valence-electron chi connectivity index (χ4n) is 2.99. The average molecular weight is 401 g/mol. The van der Waals surface area contributed by atoms with Crippen LogP contribution in [0.3, 0.4) is 0 Å². The zero-order valence-electron chi connectivity index (χ0n) is 15.9. The highest BCUT2D eigenvalue weighted by Crippen LogP contribution is 2.28. The maximum Gasteiger partial charge on any atom is 0.234 e. The van der Waals surface area contributed by atoms with Gasteiger partial charge in [-0.3, -0.25) is 9.36 Å². The van der Waals surface area contributed by atoms with Gasteiger partial charge in [-0.2, -0.15) is 0 Å². The van der Waals surface area contributed by atoms with Gasteiger partial charge in [-0.15, -0.1) is 10.2 Å². The van der Waals surface area contributed by atoms with E-state index in [1.54, 1.807) is 0 Å². The summed E-state index contributed by atoms with van der Waals surface area (Å²) < 4.78 is 2.00. The van der Waals surface area contributed by atoms with E-state index in [-0.39, 0.29) is 11.7 Å². The summed E-state index contributed by atoms with van der Waals surface area (Å²) in [6.45, 7) is 2.05. The first-order valence-corrected chi connectivity index (χ1v) is 10.2. The summed E-state index contributed by atoms with van der Waals surface area (Å²) in [5.74, 6) is 0.914. The molecule has 0 atom stereocenters.